The third-order valence-corrected chi connectivity index (χ3v) is 15.0. The predicted octanol–water partition coefficient (Wildman–Crippen LogP) is 21.1. The number of carbonyl (C=O) groups is 3. The fourth-order valence-corrected chi connectivity index (χ4v) is 9.85. The summed E-state index contributed by atoms with van der Waals surface area (Å²) in [4.78, 5) is 38.3. The summed E-state index contributed by atoms with van der Waals surface area (Å²) in [6, 6.07) is 0. The molecule has 0 aromatic carbocycles. The first-order valence-corrected chi connectivity index (χ1v) is 31.6. The Bertz CT molecular complexity index is 1090. The molecule has 416 valence electrons. The van der Waals surface area contributed by atoms with Crippen molar-refractivity contribution >= 4 is 17.9 Å². The van der Waals surface area contributed by atoms with Crippen molar-refractivity contribution in [2.45, 2.75) is 362 Å². The van der Waals surface area contributed by atoms with Gasteiger partial charge in [0, 0.05) is 19.3 Å². The Labute approximate surface area is 438 Å². The van der Waals surface area contributed by atoms with Gasteiger partial charge in [-0.05, 0) is 37.0 Å². The highest BCUT2D eigenvalue weighted by Crippen LogP contribution is 2.19. The van der Waals surface area contributed by atoms with Crippen LogP contribution in [-0.4, -0.2) is 37.2 Å². The van der Waals surface area contributed by atoms with Crippen LogP contribution in [0, 0.1) is 17.8 Å². The topological polar surface area (TPSA) is 78.9 Å². The molecule has 0 aliphatic heterocycles. The molecule has 0 aliphatic rings. The molecule has 70 heavy (non-hydrogen) atoms. The Morgan fingerprint density at radius 1 is 0.286 bits per heavy atom. The van der Waals surface area contributed by atoms with Crippen molar-refractivity contribution in [2.24, 2.45) is 17.8 Å². The van der Waals surface area contributed by atoms with E-state index in [1.54, 1.807) is 0 Å². The molecule has 0 bridgehead atoms. The molecule has 0 N–H and O–H groups in total. The highest BCUT2D eigenvalue weighted by molar-refractivity contribution is 5.71. The largest absolute Gasteiger partial charge is 0.462 e. The van der Waals surface area contributed by atoms with E-state index >= 15 is 0 Å². The summed E-state index contributed by atoms with van der Waals surface area (Å²) in [7, 11) is 0. The van der Waals surface area contributed by atoms with Crippen molar-refractivity contribution in [2.75, 3.05) is 13.2 Å². The third kappa shape index (κ3) is 55.7. The summed E-state index contributed by atoms with van der Waals surface area (Å²) in [5, 5.41) is 0. The summed E-state index contributed by atoms with van der Waals surface area (Å²) < 4.78 is 17.0. The van der Waals surface area contributed by atoms with E-state index in [0.29, 0.717) is 19.3 Å². The molecule has 0 spiro atoms. The van der Waals surface area contributed by atoms with Crippen LogP contribution in [0.1, 0.15) is 356 Å². The van der Waals surface area contributed by atoms with E-state index in [2.05, 4.69) is 41.5 Å². The van der Waals surface area contributed by atoms with Gasteiger partial charge >= 0.3 is 17.9 Å². The number of hydrogen-bond acceptors (Lipinski definition) is 6. The molecule has 0 heterocycles. The molecule has 0 aromatic heterocycles. The Kier molecular flexibility index (Phi) is 53.9. The minimum absolute atomic E-state index is 0.0627. The fourth-order valence-electron chi connectivity index (χ4n) is 9.85. The van der Waals surface area contributed by atoms with E-state index < -0.39 is 6.10 Å². The van der Waals surface area contributed by atoms with Gasteiger partial charge in [0.05, 0.1) is 0 Å². The maximum atomic E-state index is 12.9. The minimum atomic E-state index is -0.764. The van der Waals surface area contributed by atoms with Crippen molar-refractivity contribution in [3.63, 3.8) is 0 Å². The van der Waals surface area contributed by atoms with Crippen LogP contribution in [0.5, 0.6) is 0 Å². The Hall–Kier alpha value is -1.59. The number of unbranched alkanes of at least 4 members (excludes halogenated alkanes) is 39. The molecule has 0 fully saturated rings. The van der Waals surface area contributed by atoms with E-state index in [-0.39, 0.29) is 31.1 Å². The number of ether oxygens (including phenoxy) is 3. The van der Waals surface area contributed by atoms with E-state index in [4.69, 9.17) is 14.2 Å². The number of carbonyl (C=O) groups excluding carboxylic acids is 3. The quantitative estimate of drug-likeness (QED) is 0.0343. The fraction of sp³-hybridized carbons (Fsp3) is 0.953. The molecule has 2 atom stereocenters. The normalized spacial score (nSPS) is 12.5. The van der Waals surface area contributed by atoms with Crippen LogP contribution < -0.4 is 0 Å². The smallest absolute Gasteiger partial charge is 0.306 e. The van der Waals surface area contributed by atoms with Crippen LogP contribution >= 0.6 is 0 Å². The highest BCUT2D eigenvalue weighted by atomic mass is 16.6. The minimum Gasteiger partial charge on any atom is -0.462 e. The van der Waals surface area contributed by atoms with Crippen LogP contribution in [0.15, 0.2) is 0 Å². The second kappa shape index (κ2) is 55.2. The molecule has 6 nitrogen and oxygen atoms in total. The van der Waals surface area contributed by atoms with E-state index in [1.807, 2.05) is 0 Å². The van der Waals surface area contributed by atoms with Crippen LogP contribution in [0.2, 0.25) is 0 Å². The summed E-state index contributed by atoms with van der Waals surface area (Å²) in [6.07, 6.45) is 59.5. The summed E-state index contributed by atoms with van der Waals surface area (Å²) in [5.41, 5.74) is 0. The first kappa shape index (κ1) is 68.4. The predicted molar refractivity (Wildman–Crippen MR) is 303 cm³/mol. The Morgan fingerprint density at radius 2 is 0.500 bits per heavy atom. The lowest BCUT2D eigenvalue weighted by Gasteiger charge is -2.18. The van der Waals surface area contributed by atoms with Gasteiger partial charge in [-0.2, -0.15) is 0 Å². The van der Waals surface area contributed by atoms with Gasteiger partial charge in [-0.3, -0.25) is 14.4 Å². The molecule has 1 unspecified atom stereocenters. The maximum Gasteiger partial charge on any atom is 0.306 e. The molecule has 0 radical (unpaired) electrons. The van der Waals surface area contributed by atoms with Gasteiger partial charge in [0.15, 0.2) is 6.10 Å². The van der Waals surface area contributed by atoms with Crippen LogP contribution in [0.3, 0.4) is 0 Å². The van der Waals surface area contributed by atoms with Gasteiger partial charge in [0.2, 0.25) is 0 Å². The molecular formula is C64H124O6. The summed E-state index contributed by atoms with van der Waals surface area (Å²) in [5.74, 6) is 1.74. The van der Waals surface area contributed by atoms with Gasteiger partial charge in [-0.1, -0.05) is 318 Å². The Morgan fingerprint density at radius 3 is 0.743 bits per heavy atom. The maximum absolute atomic E-state index is 12.9. The Balaban J connectivity index is 4.28. The molecule has 0 amide bonds. The lowest BCUT2D eigenvalue weighted by Crippen LogP contribution is -2.30. The third-order valence-electron chi connectivity index (χ3n) is 15.0. The molecule has 6 heteroatoms. The number of rotatable bonds is 57. The zero-order valence-electron chi connectivity index (χ0n) is 48.3. The van der Waals surface area contributed by atoms with Gasteiger partial charge in [0.1, 0.15) is 13.2 Å². The van der Waals surface area contributed by atoms with E-state index in [1.165, 1.54) is 238 Å². The summed E-state index contributed by atoms with van der Waals surface area (Å²) >= 11 is 0. The molecular weight excluding hydrogens is 865 g/mol. The van der Waals surface area contributed by atoms with Crippen molar-refractivity contribution in [3.8, 4) is 0 Å². The molecule has 0 saturated heterocycles. The van der Waals surface area contributed by atoms with Crippen LogP contribution in [-0.2, 0) is 28.6 Å². The van der Waals surface area contributed by atoms with Crippen LogP contribution in [0.4, 0.5) is 0 Å². The first-order chi connectivity index (χ1) is 34.1. The van der Waals surface area contributed by atoms with Crippen molar-refractivity contribution in [1.82, 2.24) is 0 Å². The van der Waals surface area contributed by atoms with E-state index in [9.17, 15) is 14.4 Å². The van der Waals surface area contributed by atoms with E-state index in [0.717, 1.165) is 75.5 Å². The second-order valence-electron chi connectivity index (χ2n) is 23.2. The van der Waals surface area contributed by atoms with Gasteiger partial charge in [0.25, 0.3) is 0 Å². The SMILES string of the molecule is CCC(C)CCCCCCCCCCCCCCCCC(=O)OC[C@H](COC(=O)CCCCCCCCCCCCCCCCCCC(C)C)OC(=O)CCCCCCCCCCCCCCC(C)C. The van der Waals surface area contributed by atoms with Gasteiger partial charge < -0.3 is 14.2 Å². The highest BCUT2D eigenvalue weighted by Gasteiger charge is 2.19. The standard InChI is InChI=1S/C64H124O6/c1-7-60(6)52-46-40-34-28-22-15-12-13-17-24-30-36-42-48-54-63(66)69-57-61(70-64(67)55-49-43-37-31-25-19-18-21-27-33-39-45-51-59(4)5)56-68-62(65)53-47-41-35-29-23-16-11-9-8-10-14-20-26-32-38-44-50-58(2)3/h58-61H,7-57H2,1-6H3/t60?,61-/m0/s1. The molecule has 0 saturated carbocycles. The molecule has 0 aromatic rings. The van der Waals surface area contributed by atoms with Gasteiger partial charge in [-0.15, -0.1) is 0 Å². The average Bonchev–Trinajstić information content (AvgIpc) is 3.33. The molecule has 0 aliphatic carbocycles. The zero-order chi connectivity index (χ0) is 51.2. The molecule has 0 rings (SSSR count). The van der Waals surface area contributed by atoms with Crippen molar-refractivity contribution in [1.29, 1.82) is 0 Å². The average molecular weight is 990 g/mol. The van der Waals surface area contributed by atoms with Crippen molar-refractivity contribution in [3.05, 3.63) is 0 Å². The first-order valence-electron chi connectivity index (χ1n) is 31.6. The monoisotopic (exact) mass is 989 g/mol. The number of esters is 3. The van der Waals surface area contributed by atoms with Crippen LogP contribution in [0.25, 0.3) is 0 Å². The second-order valence-corrected chi connectivity index (χ2v) is 23.2. The van der Waals surface area contributed by atoms with Crippen molar-refractivity contribution < 1.29 is 28.6 Å². The lowest BCUT2D eigenvalue weighted by atomic mass is 9.99. The summed E-state index contributed by atoms with van der Waals surface area (Å²) in [6.45, 7) is 13.8. The lowest BCUT2D eigenvalue weighted by molar-refractivity contribution is -0.167. The number of hydrogen-bond donors (Lipinski definition) is 0. The zero-order valence-corrected chi connectivity index (χ0v) is 48.3. The van der Waals surface area contributed by atoms with Gasteiger partial charge in [-0.25, -0.2) is 0 Å².